The van der Waals surface area contributed by atoms with Gasteiger partial charge in [-0.3, -0.25) is 33.7 Å². The first-order valence-corrected chi connectivity index (χ1v) is 28.4. The Morgan fingerprint density at radius 3 is 1.57 bits per heavy atom. The molecule has 2 aromatic rings. The summed E-state index contributed by atoms with van der Waals surface area (Å²) in [6.45, 7) is 11.3. The van der Waals surface area contributed by atoms with Gasteiger partial charge < -0.3 is 46.6 Å². The van der Waals surface area contributed by atoms with Crippen molar-refractivity contribution < 1.29 is 43.4 Å². The standard InChI is InChI=1S/C33H44N4O3.C24H42N4O4.C2H4O2/c1-22(34-2)31(38)36-29(25-16-10-5-11-17-25)33(40)37-21-20-26-18-19-27(30(26)37)35-32(39)28(23-12-6-3-7-13-23)24-14-8-4-9-15-24;1-15(27(5)23(31)32-24(2,3)4)21(29)26-19(16-9-7-6-8-10-16)22(30)28-14-13-17-11-12-18(25)20(17)28;1-2(3)4/h3-4,6-9,12-15,22,25-30,34H,5,10-11,16-21H2,1-2H3,(H,35,39)(H,36,38);15-20H,6-14,25H2,1-5H3,(H,26,29);1H3,(H,3,4)/t22-,26+,27-,29-,30-;15-,17+,18-,19-,20-;/m00./s1. The number of likely N-dealkylation sites (N-methyl/N-ethyl adjacent to an activating group) is 2. The molecule has 0 aromatic heterocycles. The van der Waals surface area contributed by atoms with Crippen LogP contribution in [0.4, 0.5) is 4.79 Å². The van der Waals surface area contributed by atoms with Crippen LogP contribution < -0.4 is 27.0 Å². The van der Waals surface area contributed by atoms with Crippen LogP contribution in [0.15, 0.2) is 60.7 Å². The molecule has 2 aliphatic heterocycles. The summed E-state index contributed by atoms with van der Waals surface area (Å²) in [5.74, 6) is -0.567. The van der Waals surface area contributed by atoms with Gasteiger partial charge in [0.25, 0.3) is 5.97 Å². The molecule has 2 saturated heterocycles. The molecule has 2 heterocycles. The van der Waals surface area contributed by atoms with Gasteiger partial charge in [-0.25, -0.2) is 4.79 Å². The fraction of sp³-hybridized carbons (Fsp3) is 0.678. The number of hydrogen-bond acceptors (Lipinski definition) is 10. The van der Waals surface area contributed by atoms with Crippen LogP contribution in [0.5, 0.6) is 0 Å². The molecule has 10 atom stereocenters. The van der Waals surface area contributed by atoms with Gasteiger partial charge in [-0.2, -0.15) is 0 Å². The number of rotatable bonds is 14. The lowest BCUT2D eigenvalue weighted by Crippen LogP contribution is -2.59. The van der Waals surface area contributed by atoms with Gasteiger partial charge in [0.05, 0.1) is 18.0 Å². The summed E-state index contributed by atoms with van der Waals surface area (Å²) in [6, 6.07) is 17.6. The maximum absolute atomic E-state index is 14.2. The summed E-state index contributed by atoms with van der Waals surface area (Å²) >= 11 is 0. The van der Waals surface area contributed by atoms with Gasteiger partial charge in [0.2, 0.25) is 29.5 Å². The van der Waals surface area contributed by atoms with Crippen molar-refractivity contribution >= 4 is 41.6 Å². The van der Waals surface area contributed by atoms with Crippen LogP contribution in [-0.2, 0) is 33.5 Å². The molecule has 0 unspecified atom stereocenters. The number of carboxylic acid groups (broad SMARTS) is 1. The summed E-state index contributed by atoms with van der Waals surface area (Å²) in [4.78, 5) is 94.6. The predicted octanol–water partition coefficient (Wildman–Crippen LogP) is 6.72. The van der Waals surface area contributed by atoms with Crippen molar-refractivity contribution in [3.8, 4) is 0 Å². The maximum Gasteiger partial charge on any atom is 0.410 e. The van der Waals surface area contributed by atoms with Crippen molar-refractivity contribution in [2.45, 2.75) is 204 Å². The number of nitrogens with zero attached hydrogens (tertiary/aromatic N) is 3. The third kappa shape index (κ3) is 15.6. The molecule has 0 bridgehead atoms. The van der Waals surface area contributed by atoms with Gasteiger partial charge in [-0.1, -0.05) is 99.2 Å². The van der Waals surface area contributed by atoms with Crippen molar-refractivity contribution in [3.63, 3.8) is 0 Å². The highest BCUT2D eigenvalue weighted by atomic mass is 16.6. The van der Waals surface area contributed by atoms with Crippen molar-refractivity contribution in [1.29, 1.82) is 0 Å². The summed E-state index contributed by atoms with van der Waals surface area (Å²) in [7, 11) is 3.31. The molecule has 17 nitrogen and oxygen atoms in total. The number of hydrogen-bond donors (Lipinski definition) is 6. The van der Waals surface area contributed by atoms with E-state index in [4.69, 9.17) is 20.4 Å². The van der Waals surface area contributed by atoms with Crippen LogP contribution in [0.3, 0.4) is 0 Å². The van der Waals surface area contributed by atoms with Crippen LogP contribution in [0.2, 0.25) is 0 Å². The Balaban J connectivity index is 0.000000236. The number of carbonyl (C=O) groups excluding carboxylic acids is 6. The van der Waals surface area contributed by atoms with Gasteiger partial charge in [0, 0.05) is 45.2 Å². The van der Waals surface area contributed by atoms with Crippen molar-refractivity contribution in [2.75, 3.05) is 27.2 Å². The Morgan fingerprint density at radius 1 is 0.645 bits per heavy atom. The number of aliphatic carboxylic acids is 1. The second kappa shape index (κ2) is 27.7. The van der Waals surface area contributed by atoms with E-state index in [9.17, 15) is 28.8 Å². The minimum Gasteiger partial charge on any atom is -0.481 e. The molecule has 6 aliphatic rings. The molecular weight excluding hydrogens is 965 g/mol. The molecule has 0 radical (unpaired) electrons. The number of benzene rings is 2. The number of nitrogens with two attached hydrogens (primary N) is 1. The molecule has 76 heavy (non-hydrogen) atoms. The molecule has 0 spiro atoms. The number of likely N-dealkylation sites (tertiary alicyclic amines) is 2. The molecule has 17 heteroatoms. The average molecular weight is 1060 g/mol. The van der Waals surface area contributed by atoms with Crippen LogP contribution in [0, 0.1) is 23.7 Å². The van der Waals surface area contributed by atoms with Crippen LogP contribution in [0.1, 0.15) is 161 Å². The molecule has 8 rings (SSSR count). The lowest BCUT2D eigenvalue weighted by atomic mass is 9.83. The predicted molar refractivity (Wildman–Crippen MR) is 293 cm³/mol. The van der Waals surface area contributed by atoms with Gasteiger partial charge in [0.15, 0.2) is 0 Å². The van der Waals surface area contributed by atoms with E-state index < -0.39 is 41.7 Å². The van der Waals surface area contributed by atoms with Crippen molar-refractivity contribution in [2.24, 2.45) is 29.4 Å². The number of nitrogens with one attached hydrogen (secondary N) is 4. The number of carboxylic acids is 1. The topological polar surface area (TPSA) is 233 Å². The second-order valence-electron chi connectivity index (χ2n) is 23.4. The smallest absolute Gasteiger partial charge is 0.410 e. The number of amides is 6. The maximum atomic E-state index is 14.2. The number of ether oxygens (including phenoxy) is 1. The Kier molecular flexibility index (Phi) is 21.7. The van der Waals surface area contributed by atoms with Gasteiger partial charge >= 0.3 is 6.09 Å². The van der Waals surface area contributed by atoms with Crippen molar-refractivity contribution in [1.82, 2.24) is 36.0 Å². The number of fused-ring (bicyclic) bond motifs is 2. The molecule has 6 fully saturated rings. The largest absolute Gasteiger partial charge is 0.481 e. The highest BCUT2D eigenvalue weighted by molar-refractivity contribution is 5.92. The summed E-state index contributed by atoms with van der Waals surface area (Å²) in [5.41, 5.74) is 7.63. The Hall–Kier alpha value is -5.55. The van der Waals surface area contributed by atoms with E-state index in [0.29, 0.717) is 24.9 Å². The van der Waals surface area contributed by atoms with Gasteiger partial charge in [-0.05, 0) is 141 Å². The highest BCUT2D eigenvalue weighted by Gasteiger charge is 2.50. The fourth-order valence-electron chi connectivity index (χ4n) is 12.8. The minimum absolute atomic E-state index is 0.00206. The Labute approximate surface area is 451 Å². The van der Waals surface area contributed by atoms with Gasteiger partial charge in [0.1, 0.15) is 23.7 Å². The molecular formula is C59H90N8O9. The van der Waals surface area contributed by atoms with E-state index >= 15 is 0 Å². The zero-order chi connectivity index (χ0) is 55.3. The first-order valence-electron chi connectivity index (χ1n) is 28.4. The Bertz CT molecular complexity index is 2210. The molecule has 420 valence electrons. The SMILES string of the molecule is CC(=O)O.CN[C@@H](C)C(=O)N[C@H](C(=O)N1CC[C@H]2CC[C@H](NC(=O)C(c3ccccc3)c3ccccc3)[C@H]21)C1CCCCC1.C[C@@H](C(=O)N[C@H](C(=O)N1CC[C@H]2CC[C@H](N)[C@H]21)C1CCCCC1)N(C)C(=O)OC(C)(C)C. The monoisotopic (exact) mass is 1050 g/mol. The molecule has 4 aliphatic carbocycles. The van der Waals surface area contributed by atoms with Crippen molar-refractivity contribution in [3.05, 3.63) is 71.8 Å². The minimum atomic E-state index is -0.833. The van der Waals surface area contributed by atoms with E-state index in [0.717, 1.165) is 108 Å². The van der Waals surface area contributed by atoms with E-state index in [1.165, 1.54) is 17.7 Å². The molecule has 2 aromatic carbocycles. The highest BCUT2D eigenvalue weighted by Crippen LogP contribution is 2.41. The second-order valence-corrected chi connectivity index (χ2v) is 23.4. The molecule has 6 amide bonds. The summed E-state index contributed by atoms with van der Waals surface area (Å²) < 4.78 is 5.40. The molecule has 4 saturated carbocycles. The van der Waals surface area contributed by atoms with Crippen LogP contribution >= 0.6 is 0 Å². The van der Waals surface area contributed by atoms with E-state index in [1.54, 1.807) is 41.8 Å². The zero-order valence-corrected chi connectivity index (χ0v) is 46.6. The first kappa shape index (κ1) is 59.7. The average Bonchev–Trinajstić information content (AvgIpc) is 4.22. The van der Waals surface area contributed by atoms with E-state index in [2.05, 4.69) is 21.3 Å². The normalized spacial score (nSPS) is 25.0. The van der Waals surface area contributed by atoms with E-state index in [-0.39, 0.29) is 71.6 Å². The third-order valence-corrected chi connectivity index (χ3v) is 17.0. The summed E-state index contributed by atoms with van der Waals surface area (Å²) in [6.07, 6.45) is 15.7. The third-order valence-electron chi connectivity index (χ3n) is 17.0. The quantitative estimate of drug-likeness (QED) is 0.116. The Morgan fingerprint density at radius 2 is 1.09 bits per heavy atom. The fourth-order valence-corrected chi connectivity index (χ4v) is 12.8. The first-order chi connectivity index (χ1) is 36.2. The molecule has 7 N–H and O–H groups in total. The van der Waals surface area contributed by atoms with E-state index in [1.807, 2.05) is 77.4 Å². The zero-order valence-electron chi connectivity index (χ0n) is 46.6. The van der Waals surface area contributed by atoms with Crippen LogP contribution in [0.25, 0.3) is 0 Å². The summed E-state index contributed by atoms with van der Waals surface area (Å²) in [5, 5.41) is 20.0. The lowest BCUT2D eigenvalue weighted by molar-refractivity contribution is -0.140. The number of carbonyl (C=O) groups is 7. The van der Waals surface area contributed by atoms with Crippen LogP contribution in [-0.4, -0.2) is 143 Å². The van der Waals surface area contributed by atoms with Gasteiger partial charge in [-0.15, -0.1) is 0 Å². The lowest BCUT2D eigenvalue weighted by Gasteiger charge is -2.37.